The molecule has 26 heavy (non-hydrogen) atoms. The molecule has 0 aliphatic rings. The van der Waals surface area contributed by atoms with E-state index in [1.165, 1.54) is 13.2 Å². The minimum atomic E-state index is -0.402. The second kappa shape index (κ2) is 7.74. The van der Waals surface area contributed by atoms with Gasteiger partial charge in [-0.25, -0.2) is 9.78 Å². The van der Waals surface area contributed by atoms with Crippen LogP contribution in [0, 0.1) is 0 Å². The van der Waals surface area contributed by atoms with Crippen molar-refractivity contribution in [1.82, 2.24) is 4.98 Å². The average Bonchev–Trinajstić information content (AvgIpc) is 2.65. The van der Waals surface area contributed by atoms with Gasteiger partial charge in [-0.1, -0.05) is 42.5 Å². The summed E-state index contributed by atoms with van der Waals surface area (Å²) in [5.41, 5.74) is 4.48. The summed E-state index contributed by atoms with van der Waals surface area (Å²) >= 11 is 0. The second-order valence-electron chi connectivity index (χ2n) is 6.05. The minimum Gasteiger partial charge on any atom is -0.466 e. The average molecular weight is 345 g/mol. The molecule has 0 fully saturated rings. The number of fused-ring (bicyclic) bond motifs is 1. The van der Waals surface area contributed by atoms with Crippen molar-refractivity contribution < 1.29 is 14.3 Å². The summed E-state index contributed by atoms with van der Waals surface area (Å²) in [5.74, 6) is -0.266. The summed E-state index contributed by atoms with van der Waals surface area (Å²) in [6, 6.07) is 17.5. The standard InChI is InChI=1S/C22H19NO3/c1-15(24)13-16-7-9-17(10-8-16)21-14-18(11-12-22(25)26-2)19-5-3-4-6-20(19)23-21/h3-12,14H,13H2,1-2H3/b12-11+. The molecule has 1 heterocycles. The van der Waals surface area contributed by atoms with Gasteiger partial charge in [0.2, 0.25) is 0 Å². The first kappa shape index (κ1) is 17.5. The van der Waals surface area contributed by atoms with Crippen LogP contribution in [0.15, 0.2) is 60.7 Å². The highest BCUT2D eigenvalue weighted by Gasteiger charge is 2.07. The van der Waals surface area contributed by atoms with E-state index in [-0.39, 0.29) is 5.78 Å². The van der Waals surface area contributed by atoms with Crippen LogP contribution in [0.2, 0.25) is 0 Å². The lowest BCUT2D eigenvalue weighted by atomic mass is 10.0. The van der Waals surface area contributed by atoms with Gasteiger partial charge in [0.05, 0.1) is 18.3 Å². The van der Waals surface area contributed by atoms with Crippen LogP contribution < -0.4 is 0 Å². The van der Waals surface area contributed by atoms with Crippen LogP contribution in [0.1, 0.15) is 18.1 Å². The Hall–Kier alpha value is -3.27. The molecule has 0 N–H and O–H groups in total. The molecule has 0 amide bonds. The third kappa shape index (κ3) is 4.03. The van der Waals surface area contributed by atoms with Crippen LogP contribution in [0.4, 0.5) is 0 Å². The van der Waals surface area contributed by atoms with Crippen molar-refractivity contribution in [3.63, 3.8) is 0 Å². The molecule has 3 rings (SSSR count). The monoisotopic (exact) mass is 345 g/mol. The number of esters is 1. The number of carbonyl (C=O) groups excluding carboxylic acids is 2. The fourth-order valence-corrected chi connectivity index (χ4v) is 2.79. The molecule has 0 saturated carbocycles. The molecule has 0 saturated heterocycles. The molecule has 130 valence electrons. The quantitative estimate of drug-likeness (QED) is 0.513. The number of carbonyl (C=O) groups is 2. The Morgan fingerprint density at radius 2 is 1.81 bits per heavy atom. The first-order valence-electron chi connectivity index (χ1n) is 8.31. The highest BCUT2D eigenvalue weighted by atomic mass is 16.5. The van der Waals surface area contributed by atoms with Crippen LogP contribution in [-0.4, -0.2) is 23.8 Å². The Balaban J connectivity index is 2.04. The molecular weight excluding hydrogens is 326 g/mol. The maximum Gasteiger partial charge on any atom is 0.330 e. The largest absolute Gasteiger partial charge is 0.466 e. The number of hydrogen-bond donors (Lipinski definition) is 0. The molecule has 0 aliphatic heterocycles. The number of rotatable bonds is 5. The van der Waals surface area contributed by atoms with Crippen molar-refractivity contribution in [3.8, 4) is 11.3 Å². The summed E-state index contributed by atoms with van der Waals surface area (Å²) < 4.78 is 4.67. The molecule has 4 heteroatoms. The Morgan fingerprint density at radius 3 is 2.50 bits per heavy atom. The normalized spacial score (nSPS) is 11.0. The van der Waals surface area contributed by atoms with Crippen molar-refractivity contribution in [1.29, 1.82) is 0 Å². The molecule has 0 aliphatic carbocycles. The third-order valence-corrected chi connectivity index (χ3v) is 4.05. The zero-order chi connectivity index (χ0) is 18.5. The van der Waals surface area contributed by atoms with Gasteiger partial charge in [0, 0.05) is 23.4 Å². The molecule has 0 bridgehead atoms. The van der Waals surface area contributed by atoms with Gasteiger partial charge in [-0.05, 0) is 36.3 Å². The van der Waals surface area contributed by atoms with Crippen molar-refractivity contribution >= 4 is 28.7 Å². The molecule has 3 aromatic rings. The van der Waals surface area contributed by atoms with Crippen molar-refractivity contribution in [2.24, 2.45) is 0 Å². The van der Waals surface area contributed by atoms with E-state index in [1.807, 2.05) is 54.6 Å². The lowest BCUT2D eigenvalue weighted by Gasteiger charge is -2.08. The van der Waals surface area contributed by atoms with Gasteiger partial charge >= 0.3 is 5.97 Å². The van der Waals surface area contributed by atoms with Gasteiger partial charge in [0.15, 0.2) is 0 Å². The topological polar surface area (TPSA) is 56.3 Å². The number of aromatic nitrogens is 1. The predicted molar refractivity (Wildman–Crippen MR) is 103 cm³/mol. The SMILES string of the molecule is COC(=O)/C=C/c1cc(-c2ccc(CC(C)=O)cc2)nc2ccccc12. The Kier molecular flexibility index (Phi) is 5.23. The predicted octanol–water partition coefficient (Wildman–Crippen LogP) is 4.22. The number of para-hydroxylation sites is 1. The molecule has 0 spiro atoms. The van der Waals surface area contributed by atoms with E-state index in [4.69, 9.17) is 4.98 Å². The number of ketones is 1. The maximum absolute atomic E-state index is 11.4. The minimum absolute atomic E-state index is 0.136. The van der Waals surface area contributed by atoms with Gasteiger partial charge in [-0.15, -0.1) is 0 Å². The van der Waals surface area contributed by atoms with Gasteiger partial charge in [-0.3, -0.25) is 4.79 Å². The molecule has 0 atom stereocenters. The Labute approximate surface area is 152 Å². The summed E-state index contributed by atoms with van der Waals surface area (Å²) in [5, 5.41) is 0.963. The zero-order valence-corrected chi connectivity index (χ0v) is 14.7. The van der Waals surface area contributed by atoms with Crippen LogP contribution >= 0.6 is 0 Å². The van der Waals surface area contributed by atoms with Crippen molar-refractivity contribution in [3.05, 3.63) is 71.8 Å². The number of ether oxygens (including phenoxy) is 1. The molecule has 1 aromatic heterocycles. The fraction of sp³-hybridized carbons (Fsp3) is 0.136. The number of hydrogen-bond acceptors (Lipinski definition) is 4. The number of nitrogens with zero attached hydrogens (tertiary/aromatic N) is 1. The van der Waals surface area contributed by atoms with Crippen molar-refractivity contribution in [2.45, 2.75) is 13.3 Å². The molecule has 0 radical (unpaired) electrons. The molecule has 4 nitrogen and oxygen atoms in total. The summed E-state index contributed by atoms with van der Waals surface area (Å²) in [4.78, 5) is 27.4. The number of benzene rings is 2. The van der Waals surface area contributed by atoms with Crippen LogP contribution in [0.25, 0.3) is 28.2 Å². The van der Waals surface area contributed by atoms with E-state index in [2.05, 4.69) is 4.74 Å². The smallest absolute Gasteiger partial charge is 0.330 e. The van der Waals surface area contributed by atoms with Crippen LogP contribution in [0.5, 0.6) is 0 Å². The summed E-state index contributed by atoms with van der Waals surface area (Å²) in [6.45, 7) is 1.58. The van der Waals surface area contributed by atoms with Crippen LogP contribution in [-0.2, 0) is 20.7 Å². The Morgan fingerprint density at radius 1 is 1.08 bits per heavy atom. The van der Waals surface area contributed by atoms with Crippen LogP contribution in [0.3, 0.4) is 0 Å². The Bertz CT molecular complexity index is 988. The van der Waals surface area contributed by atoms with E-state index >= 15 is 0 Å². The first-order valence-corrected chi connectivity index (χ1v) is 8.31. The highest BCUT2D eigenvalue weighted by molar-refractivity contribution is 5.94. The third-order valence-electron chi connectivity index (χ3n) is 4.05. The molecule has 2 aromatic carbocycles. The van der Waals surface area contributed by atoms with Gasteiger partial charge in [0.25, 0.3) is 0 Å². The van der Waals surface area contributed by atoms with Gasteiger partial charge < -0.3 is 4.74 Å². The van der Waals surface area contributed by atoms with E-state index < -0.39 is 5.97 Å². The number of methoxy groups -OCH3 is 1. The van der Waals surface area contributed by atoms with E-state index in [0.717, 1.165) is 33.3 Å². The summed E-state index contributed by atoms with van der Waals surface area (Å²) in [7, 11) is 1.35. The second-order valence-corrected chi connectivity index (χ2v) is 6.05. The maximum atomic E-state index is 11.4. The van der Waals surface area contributed by atoms with Gasteiger partial charge in [-0.2, -0.15) is 0 Å². The number of Topliss-reactive ketones (excluding diaryl/α,β-unsaturated/α-hetero) is 1. The lowest BCUT2D eigenvalue weighted by Crippen LogP contribution is -1.96. The van der Waals surface area contributed by atoms with Gasteiger partial charge in [0.1, 0.15) is 5.78 Å². The van der Waals surface area contributed by atoms with Crippen molar-refractivity contribution in [2.75, 3.05) is 7.11 Å². The summed E-state index contributed by atoms with van der Waals surface area (Å²) in [6.07, 6.45) is 3.57. The number of pyridine rings is 1. The first-order chi connectivity index (χ1) is 12.6. The molecule has 0 unspecified atom stereocenters. The molecular formula is C22H19NO3. The van der Waals surface area contributed by atoms with E-state index in [0.29, 0.717) is 6.42 Å². The lowest BCUT2D eigenvalue weighted by molar-refractivity contribution is -0.134. The fourth-order valence-electron chi connectivity index (χ4n) is 2.79. The van der Waals surface area contributed by atoms with E-state index in [1.54, 1.807) is 13.0 Å². The zero-order valence-electron chi connectivity index (χ0n) is 14.7. The van der Waals surface area contributed by atoms with E-state index in [9.17, 15) is 9.59 Å². The highest BCUT2D eigenvalue weighted by Crippen LogP contribution is 2.26.